The van der Waals surface area contributed by atoms with Gasteiger partial charge < -0.3 is 10.2 Å². The van der Waals surface area contributed by atoms with Gasteiger partial charge in [0.05, 0.1) is 0 Å². The van der Waals surface area contributed by atoms with Gasteiger partial charge in [0.25, 0.3) is 0 Å². The van der Waals surface area contributed by atoms with E-state index in [1.807, 2.05) is 6.07 Å². The molecule has 1 fully saturated rings. The number of benzene rings is 1. The molecule has 1 aliphatic heterocycles. The Kier molecular flexibility index (Phi) is 5.12. The third-order valence-corrected chi connectivity index (χ3v) is 4.32. The molecule has 1 saturated heterocycles. The van der Waals surface area contributed by atoms with Gasteiger partial charge in [0.15, 0.2) is 0 Å². The Morgan fingerprint density at radius 1 is 1.37 bits per heavy atom. The van der Waals surface area contributed by atoms with Crippen LogP contribution in [-0.2, 0) is 0 Å². The standard InChI is InChI=1S/C16H25ClN2/c1-4-6-14-11-19(15(5-2)10-18-14)16-9-13(17)8-7-12(16)3/h7-9,14-15,18H,4-6,10-11H2,1-3H3. The van der Waals surface area contributed by atoms with E-state index < -0.39 is 0 Å². The van der Waals surface area contributed by atoms with E-state index in [0.717, 1.165) is 24.5 Å². The number of hydrogen-bond donors (Lipinski definition) is 1. The summed E-state index contributed by atoms with van der Waals surface area (Å²) in [5.74, 6) is 0. The summed E-state index contributed by atoms with van der Waals surface area (Å²) in [4.78, 5) is 2.55. The van der Waals surface area contributed by atoms with Crippen LogP contribution >= 0.6 is 11.6 Å². The van der Waals surface area contributed by atoms with E-state index in [1.54, 1.807) is 0 Å². The highest BCUT2D eigenvalue weighted by atomic mass is 35.5. The van der Waals surface area contributed by atoms with Crippen molar-refractivity contribution in [2.45, 2.75) is 52.1 Å². The van der Waals surface area contributed by atoms with Crippen molar-refractivity contribution < 1.29 is 0 Å². The number of hydrogen-bond acceptors (Lipinski definition) is 2. The van der Waals surface area contributed by atoms with Gasteiger partial charge >= 0.3 is 0 Å². The maximum absolute atomic E-state index is 6.18. The lowest BCUT2D eigenvalue weighted by Crippen LogP contribution is -2.56. The fraction of sp³-hybridized carbons (Fsp3) is 0.625. The molecule has 19 heavy (non-hydrogen) atoms. The van der Waals surface area contributed by atoms with Crippen LogP contribution in [0.5, 0.6) is 0 Å². The van der Waals surface area contributed by atoms with Gasteiger partial charge in [-0.05, 0) is 37.5 Å². The summed E-state index contributed by atoms with van der Waals surface area (Å²) in [5.41, 5.74) is 2.63. The third-order valence-electron chi connectivity index (χ3n) is 4.09. The molecule has 0 amide bonds. The first-order chi connectivity index (χ1) is 9.15. The van der Waals surface area contributed by atoms with Crippen LogP contribution in [0.3, 0.4) is 0 Å². The zero-order valence-electron chi connectivity index (χ0n) is 12.2. The molecule has 0 aliphatic carbocycles. The number of rotatable bonds is 4. The summed E-state index contributed by atoms with van der Waals surface area (Å²) in [6, 6.07) is 7.40. The molecule has 1 heterocycles. The number of aryl methyl sites for hydroxylation is 1. The lowest BCUT2D eigenvalue weighted by atomic mass is 10.0. The van der Waals surface area contributed by atoms with Crippen LogP contribution < -0.4 is 10.2 Å². The Labute approximate surface area is 122 Å². The molecule has 0 radical (unpaired) electrons. The molecule has 2 unspecified atom stereocenters. The van der Waals surface area contributed by atoms with Gasteiger partial charge in [-0.25, -0.2) is 0 Å². The maximum atomic E-state index is 6.18. The van der Waals surface area contributed by atoms with Gasteiger partial charge in [-0.15, -0.1) is 0 Å². The van der Waals surface area contributed by atoms with Gasteiger partial charge in [-0.2, -0.15) is 0 Å². The topological polar surface area (TPSA) is 15.3 Å². The fourth-order valence-corrected chi connectivity index (χ4v) is 3.12. The van der Waals surface area contributed by atoms with Crippen LogP contribution in [0.4, 0.5) is 5.69 Å². The second-order valence-electron chi connectivity index (χ2n) is 5.54. The van der Waals surface area contributed by atoms with Crippen LogP contribution in [0.1, 0.15) is 38.7 Å². The fourth-order valence-electron chi connectivity index (χ4n) is 2.96. The molecule has 1 aliphatic rings. The summed E-state index contributed by atoms with van der Waals surface area (Å²) in [6.45, 7) is 8.86. The monoisotopic (exact) mass is 280 g/mol. The predicted molar refractivity (Wildman–Crippen MR) is 84.3 cm³/mol. The van der Waals surface area contributed by atoms with Crippen molar-refractivity contribution in [1.82, 2.24) is 5.32 Å². The van der Waals surface area contributed by atoms with Crippen LogP contribution in [0, 0.1) is 6.92 Å². The van der Waals surface area contributed by atoms with Crippen molar-refractivity contribution in [2.24, 2.45) is 0 Å². The van der Waals surface area contributed by atoms with Gasteiger partial charge in [-0.3, -0.25) is 0 Å². The number of nitrogens with zero attached hydrogens (tertiary/aromatic N) is 1. The lowest BCUT2D eigenvalue weighted by Gasteiger charge is -2.42. The van der Waals surface area contributed by atoms with Gasteiger partial charge in [0.1, 0.15) is 0 Å². The lowest BCUT2D eigenvalue weighted by molar-refractivity contribution is 0.369. The smallest absolute Gasteiger partial charge is 0.0426 e. The summed E-state index contributed by atoms with van der Waals surface area (Å²) in [6.07, 6.45) is 3.64. The zero-order chi connectivity index (χ0) is 13.8. The number of halogens is 1. The SMILES string of the molecule is CCCC1CN(c2cc(Cl)ccc2C)C(CC)CN1. The quantitative estimate of drug-likeness (QED) is 0.897. The van der Waals surface area contributed by atoms with E-state index in [1.165, 1.54) is 24.1 Å². The highest BCUT2D eigenvalue weighted by molar-refractivity contribution is 6.30. The molecule has 0 spiro atoms. The average molecular weight is 281 g/mol. The first kappa shape index (κ1) is 14.7. The second-order valence-corrected chi connectivity index (χ2v) is 5.98. The molecule has 106 valence electrons. The Morgan fingerprint density at radius 3 is 2.84 bits per heavy atom. The molecule has 0 bridgehead atoms. The largest absolute Gasteiger partial charge is 0.365 e. The predicted octanol–water partition coefficient (Wildman–Crippen LogP) is 4.01. The molecule has 2 rings (SSSR count). The molecule has 0 saturated carbocycles. The van der Waals surface area contributed by atoms with Crippen molar-refractivity contribution >= 4 is 17.3 Å². The molecular formula is C16H25ClN2. The van der Waals surface area contributed by atoms with Crippen LogP contribution in [0.2, 0.25) is 5.02 Å². The summed E-state index contributed by atoms with van der Waals surface area (Å²) in [7, 11) is 0. The van der Waals surface area contributed by atoms with Gasteiger partial charge in [0, 0.05) is 35.9 Å². The van der Waals surface area contributed by atoms with Crippen molar-refractivity contribution in [3.05, 3.63) is 28.8 Å². The minimum absolute atomic E-state index is 0.574. The van der Waals surface area contributed by atoms with E-state index in [4.69, 9.17) is 11.6 Å². The molecule has 1 aromatic rings. The third kappa shape index (κ3) is 3.43. The molecule has 0 aromatic heterocycles. The molecule has 2 atom stereocenters. The first-order valence-electron chi connectivity index (χ1n) is 7.41. The molecule has 1 aromatic carbocycles. The molecule has 3 heteroatoms. The van der Waals surface area contributed by atoms with E-state index >= 15 is 0 Å². The average Bonchev–Trinajstić information content (AvgIpc) is 2.42. The van der Waals surface area contributed by atoms with Gasteiger partial charge in [0.2, 0.25) is 0 Å². The zero-order valence-corrected chi connectivity index (χ0v) is 13.0. The highest BCUT2D eigenvalue weighted by Crippen LogP contribution is 2.28. The van der Waals surface area contributed by atoms with Crippen molar-refractivity contribution in [2.75, 3.05) is 18.0 Å². The number of nitrogens with one attached hydrogen (secondary N) is 1. The molecule has 2 nitrogen and oxygen atoms in total. The maximum Gasteiger partial charge on any atom is 0.0426 e. The summed E-state index contributed by atoms with van der Waals surface area (Å²) in [5, 5.41) is 4.51. The number of piperazine rings is 1. The van der Waals surface area contributed by atoms with Crippen LogP contribution in [0.25, 0.3) is 0 Å². The summed E-state index contributed by atoms with van der Waals surface area (Å²) < 4.78 is 0. The molecule has 1 N–H and O–H groups in total. The normalized spacial score (nSPS) is 23.7. The van der Waals surface area contributed by atoms with E-state index in [0.29, 0.717) is 12.1 Å². The minimum atomic E-state index is 0.574. The van der Waals surface area contributed by atoms with Crippen LogP contribution in [-0.4, -0.2) is 25.2 Å². The Bertz CT molecular complexity index is 419. The Hall–Kier alpha value is -0.730. The van der Waals surface area contributed by atoms with Crippen molar-refractivity contribution in [1.29, 1.82) is 0 Å². The Morgan fingerprint density at radius 2 is 2.16 bits per heavy atom. The first-order valence-corrected chi connectivity index (χ1v) is 7.79. The molecular weight excluding hydrogens is 256 g/mol. The van der Waals surface area contributed by atoms with Crippen LogP contribution in [0.15, 0.2) is 18.2 Å². The second kappa shape index (κ2) is 6.62. The Balaban J connectivity index is 2.24. The highest BCUT2D eigenvalue weighted by Gasteiger charge is 2.27. The van der Waals surface area contributed by atoms with Gasteiger partial charge in [-0.1, -0.05) is 37.9 Å². The van der Waals surface area contributed by atoms with E-state index in [9.17, 15) is 0 Å². The van der Waals surface area contributed by atoms with E-state index in [2.05, 4.69) is 43.1 Å². The van der Waals surface area contributed by atoms with Crippen molar-refractivity contribution in [3.8, 4) is 0 Å². The number of anilines is 1. The van der Waals surface area contributed by atoms with E-state index in [-0.39, 0.29) is 0 Å². The van der Waals surface area contributed by atoms with Crippen molar-refractivity contribution in [3.63, 3.8) is 0 Å². The minimum Gasteiger partial charge on any atom is -0.365 e. The summed E-state index contributed by atoms with van der Waals surface area (Å²) >= 11 is 6.18.